The van der Waals surface area contributed by atoms with E-state index in [-0.39, 0.29) is 6.61 Å². The van der Waals surface area contributed by atoms with Crippen LogP contribution in [0.25, 0.3) is 0 Å². The maximum absolute atomic E-state index is 12.7. The molecule has 124 valence electrons. The lowest BCUT2D eigenvalue weighted by atomic mass is 10.0. The quantitative estimate of drug-likeness (QED) is 0.833. The van der Waals surface area contributed by atoms with E-state index in [1.165, 1.54) is 6.07 Å². The maximum atomic E-state index is 12.7. The van der Waals surface area contributed by atoms with Gasteiger partial charge in [0.05, 0.1) is 12.2 Å². The van der Waals surface area contributed by atoms with Gasteiger partial charge < -0.3 is 9.72 Å². The fraction of sp³-hybridized carbons (Fsp3) is 0.353. The smallest absolute Gasteiger partial charge is 0.416 e. The second kappa shape index (κ2) is 6.89. The molecule has 0 aliphatic rings. The van der Waals surface area contributed by atoms with Crippen LogP contribution in [0.4, 0.5) is 13.2 Å². The van der Waals surface area contributed by atoms with Crippen LogP contribution in [0.3, 0.4) is 0 Å². The highest BCUT2D eigenvalue weighted by molar-refractivity contribution is 5.89. The number of nitrogens with one attached hydrogen (secondary N) is 1. The van der Waals surface area contributed by atoms with E-state index in [2.05, 4.69) is 4.98 Å². The molecule has 0 radical (unpaired) electrons. The molecule has 6 heteroatoms. The highest BCUT2D eigenvalue weighted by Gasteiger charge is 2.30. The average molecular weight is 325 g/mol. The molecular formula is C17H18F3NO2. The number of aromatic nitrogens is 1. The Morgan fingerprint density at radius 2 is 2.00 bits per heavy atom. The third-order valence-electron chi connectivity index (χ3n) is 3.66. The van der Waals surface area contributed by atoms with E-state index in [9.17, 15) is 18.0 Å². The van der Waals surface area contributed by atoms with Gasteiger partial charge in [-0.3, -0.25) is 0 Å². The molecule has 1 aromatic carbocycles. The summed E-state index contributed by atoms with van der Waals surface area (Å²) in [6, 6.07) is 5.30. The molecule has 23 heavy (non-hydrogen) atoms. The molecule has 0 aliphatic heterocycles. The van der Waals surface area contributed by atoms with Gasteiger partial charge in [0.1, 0.15) is 5.69 Å². The van der Waals surface area contributed by atoms with E-state index in [4.69, 9.17) is 4.74 Å². The number of hydrogen-bond acceptors (Lipinski definition) is 2. The molecule has 1 N–H and O–H groups in total. The molecule has 0 aliphatic carbocycles. The van der Waals surface area contributed by atoms with E-state index in [0.29, 0.717) is 24.1 Å². The number of carbonyl (C=O) groups is 1. The number of esters is 1. The van der Waals surface area contributed by atoms with Crippen molar-refractivity contribution in [2.24, 2.45) is 0 Å². The molecule has 0 saturated carbocycles. The van der Waals surface area contributed by atoms with Gasteiger partial charge in [-0.1, -0.05) is 18.2 Å². The second-order valence-corrected chi connectivity index (χ2v) is 5.23. The monoisotopic (exact) mass is 325 g/mol. The van der Waals surface area contributed by atoms with Gasteiger partial charge in [-0.2, -0.15) is 13.2 Å². The normalized spacial score (nSPS) is 11.5. The van der Waals surface area contributed by atoms with Gasteiger partial charge in [0.25, 0.3) is 0 Å². The number of aromatic amines is 1. The summed E-state index contributed by atoms with van der Waals surface area (Å²) in [5.41, 5.74) is 2.03. The zero-order valence-corrected chi connectivity index (χ0v) is 13.0. The highest BCUT2D eigenvalue weighted by atomic mass is 19.4. The third-order valence-corrected chi connectivity index (χ3v) is 3.66. The number of aryl methyl sites for hydroxylation is 2. The Morgan fingerprint density at radius 3 is 2.65 bits per heavy atom. The van der Waals surface area contributed by atoms with Crippen LogP contribution in [-0.4, -0.2) is 17.6 Å². The Hall–Kier alpha value is -2.24. The van der Waals surface area contributed by atoms with Crippen molar-refractivity contribution in [2.45, 2.75) is 32.9 Å². The molecule has 0 atom stereocenters. The summed E-state index contributed by atoms with van der Waals surface area (Å²) in [5.74, 6) is -0.421. The molecule has 3 nitrogen and oxygen atoms in total. The summed E-state index contributed by atoms with van der Waals surface area (Å²) in [6.45, 7) is 3.81. The zero-order chi connectivity index (χ0) is 17.0. The van der Waals surface area contributed by atoms with Gasteiger partial charge in [0, 0.05) is 6.20 Å². The Labute approximate surface area is 132 Å². The molecule has 0 fully saturated rings. The molecule has 0 amide bonds. The van der Waals surface area contributed by atoms with E-state index in [1.807, 2.05) is 0 Å². The average Bonchev–Trinajstić information content (AvgIpc) is 2.86. The molecule has 0 unspecified atom stereocenters. The first kappa shape index (κ1) is 17.1. The SMILES string of the molecule is CCOC(=O)c1[nH]cc(CCc2cccc(C(F)(F)F)c2)c1C. The lowest BCUT2D eigenvalue weighted by Crippen LogP contribution is -2.07. The van der Waals surface area contributed by atoms with Gasteiger partial charge in [0.2, 0.25) is 0 Å². The van der Waals surface area contributed by atoms with Crippen molar-refractivity contribution in [2.75, 3.05) is 6.61 Å². The Morgan fingerprint density at radius 1 is 1.26 bits per heavy atom. The number of ether oxygens (including phenoxy) is 1. The van der Waals surface area contributed by atoms with Crippen molar-refractivity contribution in [1.82, 2.24) is 4.98 Å². The number of carbonyl (C=O) groups excluding carboxylic acids is 1. The molecule has 0 spiro atoms. The lowest BCUT2D eigenvalue weighted by molar-refractivity contribution is -0.137. The number of halogens is 3. The van der Waals surface area contributed by atoms with Crippen molar-refractivity contribution >= 4 is 5.97 Å². The topological polar surface area (TPSA) is 42.1 Å². The second-order valence-electron chi connectivity index (χ2n) is 5.23. The van der Waals surface area contributed by atoms with E-state index in [1.54, 1.807) is 26.1 Å². The summed E-state index contributed by atoms with van der Waals surface area (Å²) < 4.78 is 43.1. The van der Waals surface area contributed by atoms with Crippen molar-refractivity contribution in [3.8, 4) is 0 Å². The minimum Gasteiger partial charge on any atom is -0.461 e. The van der Waals surface area contributed by atoms with Crippen molar-refractivity contribution in [3.63, 3.8) is 0 Å². The van der Waals surface area contributed by atoms with Gasteiger partial charge in [-0.05, 0) is 49.4 Å². The van der Waals surface area contributed by atoms with Crippen LogP contribution in [0, 0.1) is 6.92 Å². The number of rotatable bonds is 5. The van der Waals surface area contributed by atoms with Gasteiger partial charge in [-0.25, -0.2) is 4.79 Å². The van der Waals surface area contributed by atoms with Crippen LogP contribution in [0.1, 0.15) is 39.7 Å². The van der Waals surface area contributed by atoms with Crippen LogP contribution in [-0.2, 0) is 23.8 Å². The maximum Gasteiger partial charge on any atom is 0.416 e. The zero-order valence-electron chi connectivity index (χ0n) is 13.0. The lowest BCUT2D eigenvalue weighted by Gasteiger charge is -2.08. The van der Waals surface area contributed by atoms with Crippen LogP contribution in [0.5, 0.6) is 0 Å². The number of alkyl halides is 3. The number of H-pyrrole nitrogens is 1. The Balaban J connectivity index is 2.09. The van der Waals surface area contributed by atoms with E-state index < -0.39 is 17.7 Å². The molecular weight excluding hydrogens is 307 g/mol. The third kappa shape index (κ3) is 4.15. The fourth-order valence-corrected chi connectivity index (χ4v) is 2.39. The van der Waals surface area contributed by atoms with Crippen LogP contribution < -0.4 is 0 Å². The first-order chi connectivity index (χ1) is 10.8. The first-order valence-electron chi connectivity index (χ1n) is 7.33. The molecule has 0 bridgehead atoms. The summed E-state index contributed by atoms with van der Waals surface area (Å²) >= 11 is 0. The van der Waals surface area contributed by atoms with Crippen molar-refractivity contribution in [1.29, 1.82) is 0 Å². The fourth-order valence-electron chi connectivity index (χ4n) is 2.39. The van der Waals surface area contributed by atoms with Crippen LogP contribution in [0.15, 0.2) is 30.5 Å². The highest BCUT2D eigenvalue weighted by Crippen LogP contribution is 2.29. The predicted molar refractivity (Wildman–Crippen MR) is 80.3 cm³/mol. The molecule has 1 aromatic heterocycles. The first-order valence-corrected chi connectivity index (χ1v) is 7.33. The molecule has 2 rings (SSSR count). The summed E-state index contributed by atoms with van der Waals surface area (Å²) in [4.78, 5) is 14.6. The van der Waals surface area contributed by atoms with Crippen molar-refractivity contribution in [3.05, 3.63) is 58.4 Å². The standard InChI is InChI=1S/C17H18F3NO2/c1-3-23-16(22)15-11(2)13(10-21-15)8-7-12-5-4-6-14(9-12)17(18,19)20/h4-6,9-10,21H,3,7-8H2,1-2H3. The van der Waals surface area contributed by atoms with E-state index >= 15 is 0 Å². The molecule has 1 heterocycles. The summed E-state index contributed by atoms with van der Waals surface area (Å²) in [6.07, 6.45) is -1.62. The van der Waals surface area contributed by atoms with Crippen LogP contribution >= 0.6 is 0 Å². The number of hydrogen-bond donors (Lipinski definition) is 1. The Bertz CT molecular complexity index is 689. The Kier molecular flexibility index (Phi) is 5.13. The summed E-state index contributed by atoms with van der Waals surface area (Å²) in [5, 5.41) is 0. The van der Waals surface area contributed by atoms with Crippen LogP contribution in [0.2, 0.25) is 0 Å². The minimum absolute atomic E-state index is 0.289. The predicted octanol–water partition coefficient (Wildman–Crippen LogP) is 4.30. The number of benzene rings is 1. The molecule has 2 aromatic rings. The molecule has 0 saturated heterocycles. The van der Waals surface area contributed by atoms with Crippen molar-refractivity contribution < 1.29 is 22.7 Å². The minimum atomic E-state index is -4.34. The van der Waals surface area contributed by atoms with Gasteiger partial charge in [0.15, 0.2) is 0 Å². The largest absolute Gasteiger partial charge is 0.461 e. The van der Waals surface area contributed by atoms with Gasteiger partial charge >= 0.3 is 12.1 Å². The summed E-state index contributed by atoms with van der Waals surface area (Å²) in [7, 11) is 0. The van der Waals surface area contributed by atoms with E-state index in [0.717, 1.165) is 23.3 Å². The van der Waals surface area contributed by atoms with Gasteiger partial charge in [-0.15, -0.1) is 0 Å².